The summed E-state index contributed by atoms with van der Waals surface area (Å²) >= 11 is 3.30. The van der Waals surface area contributed by atoms with Gasteiger partial charge in [0.2, 0.25) is 0 Å². The van der Waals surface area contributed by atoms with E-state index in [0.29, 0.717) is 4.47 Å². The van der Waals surface area contributed by atoms with Crippen LogP contribution in [0.3, 0.4) is 0 Å². The zero-order valence-electron chi connectivity index (χ0n) is 10.9. The molecule has 0 radical (unpaired) electrons. The minimum atomic E-state index is -0.180. The lowest BCUT2D eigenvalue weighted by atomic mass is 9.83. The molecule has 0 saturated heterocycles. The van der Waals surface area contributed by atoms with Gasteiger partial charge in [-0.1, -0.05) is 31.9 Å². The van der Waals surface area contributed by atoms with Gasteiger partial charge in [0.1, 0.15) is 5.82 Å². The molecule has 0 aliphatic heterocycles. The lowest BCUT2D eigenvalue weighted by molar-refractivity contribution is 0.281. The number of nitrogens with one attached hydrogen (secondary N) is 1. The Kier molecular flexibility index (Phi) is 5.19. The highest BCUT2D eigenvalue weighted by Gasteiger charge is 2.17. The molecule has 0 aromatic heterocycles. The molecule has 0 heterocycles. The molecule has 1 aliphatic carbocycles. The smallest absolute Gasteiger partial charge is 0.137 e. The second-order valence-corrected chi connectivity index (χ2v) is 6.26. The molecule has 2 rings (SSSR count). The van der Waals surface area contributed by atoms with Crippen molar-refractivity contribution in [2.45, 2.75) is 39.2 Å². The molecular formula is C15H21BrFN. The molecule has 1 aromatic carbocycles. The molecule has 1 N–H and O–H groups in total. The maximum absolute atomic E-state index is 13.3. The molecule has 1 aromatic rings. The largest absolute Gasteiger partial charge is 0.312 e. The van der Waals surface area contributed by atoms with E-state index in [9.17, 15) is 4.39 Å². The number of rotatable bonds is 4. The zero-order valence-corrected chi connectivity index (χ0v) is 12.5. The summed E-state index contributed by atoms with van der Waals surface area (Å²) in [5, 5.41) is 3.46. The molecule has 0 amide bonds. The van der Waals surface area contributed by atoms with Crippen LogP contribution in [0, 0.1) is 17.7 Å². The van der Waals surface area contributed by atoms with Crippen LogP contribution in [0.1, 0.15) is 38.2 Å². The van der Waals surface area contributed by atoms with Crippen molar-refractivity contribution in [2.24, 2.45) is 11.8 Å². The van der Waals surface area contributed by atoms with Gasteiger partial charge < -0.3 is 5.32 Å². The fraction of sp³-hybridized carbons (Fsp3) is 0.600. The normalized spacial score (nSPS) is 24.2. The minimum Gasteiger partial charge on any atom is -0.312 e. The van der Waals surface area contributed by atoms with E-state index in [4.69, 9.17) is 0 Å². The maximum Gasteiger partial charge on any atom is 0.137 e. The Balaban J connectivity index is 1.77. The van der Waals surface area contributed by atoms with E-state index in [-0.39, 0.29) is 5.82 Å². The summed E-state index contributed by atoms with van der Waals surface area (Å²) in [6, 6.07) is 5.21. The highest BCUT2D eigenvalue weighted by atomic mass is 79.9. The Morgan fingerprint density at radius 3 is 2.72 bits per heavy atom. The van der Waals surface area contributed by atoms with Gasteiger partial charge in [-0.3, -0.25) is 0 Å². The second kappa shape index (κ2) is 6.67. The lowest BCUT2D eigenvalue weighted by Crippen LogP contribution is -2.25. The molecule has 1 nitrogen and oxygen atoms in total. The van der Waals surface area contributed by atoms with Crippen molar-refractivity contribution in [2.75, 3.05) is 6.54 Å². The number of benzene rings is 1. The van der Waals surface area contributed by atoms with Gasteiger partial charge in [0.05, 0.1) is 4.47 Å². The fourth-order valence-electron chi connectivity index (χ4n) is 2.63. The third-order valence-electron chi connectivity index (χ3n) is 3.92. The summed E-state index contributed by atoms with van der Waals surface area (Å²) in [7, 11) is 0. The standard InChI is InChI=1S/C15H21BrFN/c1-11-5-7-12(8-6-11)9-18-10-13-3-2-4-14(17)15(13)16/h2-4,11-12,18H,5-10H2,1H3. The molecule has 18 heavy (non-hydrogen) atoms. The van der Waals surface area contributed by atoms with E-state index in [1.54, 1.807) is 6.07 Å². The average Bonchev–Trinajstić information content (AvgIpc) is 2.37. The predicted octanol–water partition coefficient (Wildman–Crippen LogP) is 4.50. The van der Waals surface area contributed by atoms with Crippen molar-refractivity contribution >= 4 is 15.9 Å². The first kappa shape index (κ1) is 14.0. The maximum atomic E-state index is 13.3. The van der Waals surface area contributed by atoms with Crippen LogP contribution in [0.4, 0.5) is 4.39 Å². The molecule has 0 spiro atoms. The zero-order chi connectivity index (χ0) is 13.0. The third kappa shape index (κ3) is 3.79. The van der Waals surface area contributed by atoms with Gasteiger partial charge in [0.25, 0.3) is 0 Å². The van der Waals surface area contributed by atoms with Gasteiger partial charge in [-0.15, -0.1) is 0 Å². The summed E-state index contributed by atoms with van der Waals surface area (Å²) in [6.07, 6.45) is 5.38. The SMILES string of the molecule is CC1CCC(CNCc2cccc(F)c2Br)CC1. The van der Waals surface area contributed by atoms with Gasteiger partial charge in [-0.2, -0.15) is 0 Å². The molecule has 1 saturated carbocycles. The molecule has 0 unspecified atom stereocenters. The van der Waals surface area contributed by atoms with Crippen molar-refractivity contribution in [3.05, 3.63) is 34.1 Å². The van der Waals surface area contributed by atoms with Gasteiger partial charge in [-0.25, -0.2) is 4.39 Å². The molecule has 1 fully saturated rings. The fourth-order valence-corrected chi connectivity index (χ4v) is 3.03. The topological polar surface area (TPSA) is 12.0 Å². The lowest BCUT2D eigenvalue weighted by Gasteiger charge is -2.26. The molecule has 1 aliphatic rings. The average molecular weight is 314 g/mol. The summed E-state index contributed by atoms with van der Waals surface area (Å²) in [4.78, 5) is 0. The van der Waals surface area contributed by atoms with E-state index in [1.165, 1.54) is 31.7 Å². The van der Waals surface area contributed by atoms with Crippen molar-refractivity contribution < 1.29 is 4.39 Å². The Labute approximate surface area is 117 Å². The first-order valence-corrected chi connectivity index (χ1v) is 7.59. The van der Waals surface area contributed by atoms with Gasteiger partial charge in [0.15, 0.2) is 0 Å². The van der Waals surface area contributed by atoms with Crippen molar-refractivity contribution in [1.29, 1.82) is 0 Å². The van der Waals surface area contributed by atoms with E-state index in [2.05, 4.69) is 28.2 Å². The van der Waals surface area contributed by atoms with Crippen LogP contribution in [-0.4, -0.2) is 6.54 Å². The minimum absolute atomic E-state index is 0.180. The second-order valence-electron chi connectivity index (χ2n) is 5.47. The van der Waals surface area contributed by atoms with Gasteiger partial charge in [0, 0.05) is 6.54 Å². The van der Waals surface area contributed by atoms with Gasteiger partial charge >= 0.3 is 0 Å². The predicted molar refractivity (Wildman–Crippen MR) is 76.9 cm³/mol. The summed E-state index contributed by atoms with van der Waals surface area (Å²) < 4.78 is 13.9. The van der Waals surface area contributed by atoms with Crippen LogP contribution < -0.4 is 5.32 Å². The summed E-state index contributed by atoms with van der Waals surface area (Å²) in [5.41, 5.74) is 0.999. The first-order chi connectivity index (χ1) is 8.66. The number of hydrogen-bond acceptors (Lipinski definition) is 1. The third-order valence-corrected chi connectivity index (χ3v) is 4.80. The van der Waals surface area contributed by atoms with Crippen LogP contribution in [-0.2, 0) is 6.54 Å². The Morgan fingerprint density at radius 1 is 1.28 bits per heavy atom. The summed E-state index contributed by atoms with van der Waals surface area (Å²) in [5.74, 6) is 1.52. The van der Waals surface area contributed by atoms with E-state index in [0.717, 1.165) is 30.5 Å². The molecule has 0 bridgehead atoms. The van der Waals surface area contributed by atoms with Crippen molar-refractivity contribution in [1.82, 2.24) is 5.32 Å². The van der Waals surface area contributed by atoms with Crippen LogP contribution in [0.5, 0.6) is 0 Å². The monoisotopic (exact) mass is 313 g/mol. The van der Waals surface area contributed by atoms with E-state index >= 15 is 0 Å². The van der Waals surface area contributed by atoms with Crippen LogP contribution in [0.2, 0.25) is 0 Å². The molecular weight excluding hydrogens is 293 g/mol. The molecule has 100 valence electrons. The van der Waals surface area contributed by atoms with E-state index in [1.807, 2.05) is 6.07 Å². The quantitative estimate of drug-likeness (QED) is 0.862. The van der Waals surface area contributed by atoms with Crippen LogP contribution in [0.25, 0.3) is 0 Å². The molecule has 0 atom stereocenters. The summed E-state index contributed by atoms with van der Waals surface area (Å²) in [6.45, 7) is 4.13. The first-order valence-electron chi connectivity index (χ1n) is 6.80. The van der Waals surface area contributed by atoms with Gasteiger partial charge in [-0.05, 0) is 58.8 Å². The number of hydrogen-bond donors (Lipinski definition) is 1. The Hall–Kier alpha value is -0.410. The Bertz CT molecular complexity index is 386. The molecule has 3 heteroatoms. The Morgan fingerprint density at radius 2 is 2.00 bits per heavy atom. The van der Waals surface area contributed by atoms with Crippen molar-refractivity contribution in [3.8, 4) is 0 Å². The highest BCUT2D eigenvalue weighted by molar-refractivity contribution is 9.10. The van der Waals surface area contributed by atoms with Crippen LogP contribution >= 0.6 is 15.9 Å². The van der Waals surface area contributed by atoms with E-state index < -0.39 is 0 Å². The highest BCUT2D eigenvalue weighted by Crippen LogP contribution is 2.28. The van der Waals surface area contributed by atoms with Crippen LogP contribution in [0.15, 0.2) is 22.7 Å². The number of halogens is 2. The van der Waals surface area contributed by atoms with Crippen molar-refractivity contribution in [3.63, 3.8) is 0 Å².